The van der Waals surface area contributed by atoms with Crippen molar-refractivity contribution in [2.75, 3.05) is 7.11 Å². The van der Waals surface area contributed by atoms with Crippen LogP contribution in [0.25, 0.3) is 0 Å². The summed E-state index contributed by atoms with van der Waals surface area (Å²) in [6, 6.07) is 2.14. The van der Waals surface area contributed by atoms with Gasteiger partial charge in [0.1, 0.15) is 6.73 Å². The van der Waals surface area contributed by atoms with E-state index in [1.807, 2.05) is 4.68 Å². The molecule has 0 atom stereocenters. The predicted octanol–water partition coefficient (Wildman–Crippen LogP) is 1.61. The fourth-order valence-electron chi connectivity index (χ4n) is 1.21. The Labute approximate surface area is 73.3 Å². The Hall–Kier alpha value is -0.830. The maximum atomic E-state index is 5.03. The average molecular weight is 168 g/mol. The molecular formula is C9H16N2O. The Balaban J connectivity index is 2.84. The molecule has 0 saturated carbocycles. The van der Waals surface area contributed by atoms with Crippen LogP contribution in [0, 0.1) is 0 Å². The van der Waals surface area contributed by atoms with Crippen molar-refractivity contribution in [3.05, 3.63) is 17.5 Å². The molecular weight excluding hydrogens is 152 g/mol. The van der Waals surface area contributed by atoms with Crippen LogP contribution in [0.1, 0.15) is 25.2 Å². The highest BCUT2D eigenvalue weighted by molar-refractivity contribution is 5.09. The molecule has 0 aliphatic heterocycles. The molecule has 0 aliphatic rings. The van der Waals surface area contributed by atoms with E-state index in [0.717, 1.165) is 18.5 Å². The quantitative estimate of drug-likeness (QED) is 0.683. The van der Waals surface area contributed by atoms with Gasteiger partial charge in [-0.15, -0.1) is 0 Å². The van der Waals surface area contributed by atoms with Gasteiger partial charge in [-0.1, -0.05) is 13.8 Å². The first kappa shape index (κ1) is 9.26. The summed E-state index contributed by atoms with van der Waals surface area (Å²) >= 11 is 0. The Bertz CT molecular complexity index is 243. The third-order valence-electron chi connectivity index (χ3n) is 1.89. The van der Waals surface area contributed by atoms with Crippen molar-refractivity contribution in [3.8, 4) is 0 Å². The largest absolute Gasteiger partial charge is 0.362 e. The molecule has 0 bridgehead atoms. The maximum Gasteiger partial charge on any atom is 0.139 e. The van der Waals surface area contributed by atoms with Gasteiger partial charge < -0.3 is 4.74 Å². The second kappa shape index (κ2) is 4.26. The molecule has 1 rings (SSSR count). The molecule has 3 nitrogen and oxygen atoms in total. The monoisotopic (exact) mass is 168 g/mol. The fourth-order valence-corrected chi connectivity index (χ4v) is 1.21. The summed E-state index contributed by atoms with van der Waals surface area (Å²) in [6.07, 6.45) is 2.00. The molecule has 0 unspecified atom stereocenters. The van der Waals surface area contributed by atoms with E-state index in [2.05, 4.69) is 25.0 Å². The fraction of sp³-hybridized carbons (Fsp3) is 0.667. The minimum Gasteiger partial charge on any atom is -0.362 e. The van der Waals surface area contributed by atoms with Crippen molar-refractivity contribution in [1.82, 2.24) is 9.78 Å². The third-order valence-corrected chi connectivity index (χ3v) is 1.89. The molecule has 0 fully saturated rings. The van der Waals surface area contributed by atoms with Crippen LogP contribution in [0.3, 0.4) is 0 Å². The molecule has 0 N–H and O–H groups in total. The van der Waals surface area contributed by atoms with Gasteiger partial charge in [0.25, 0.3) is 0 Å². The van der Waals surface area contributed by atoms with Crippen LogP contribution in [0.5, 0.6) is 0 Å². The molecule has 12 heavy (non-hydrogen) atoms. The van der Waals surface area contributed by atoms with Gasteiger partial charge >= 0.3 is 0 Å². The lowest BCUT2D eigenvalue weighted by molar-refractivity contribution is 0.118. The summed E-state index contributed by atoms with van der Waals surface area (Å²) in [6.45, 7) is 4.80. The van der Waals surface area contributed by atoms with E-state index in [0.29, 0.717) is 6.73 Å². The highest BCUT2D eigenvalue weighted by atomic mass is 16.5. The summed E-state index contributed by atoms with van der Waals surface area (Å²) in [7, 11) is 1.69. The van der Waals surface area contributed by atoms with Crippen LogP contribution in [0.2, 0.25) is 0 Å². The topological polar surface area (TPSA) is 27.1 Å². The summed E-state index contributed by atoms with van der Waals surface area (Å²) < 4.78 is 6.94. The number of methoxy groups -OCH3 is 1. The highest BCUT2D eigenvalue weighted by Gasteiger charge is 2.03. The van der Waals surface area contributed by atoms with Crippen LogP contribution < -0.4 is 0 Å². The van der Waals surface area contributed by atoms with Crippen LogP contribution in [0.15, 0.2) is 6.07 Å². The number of ether oxygens (including phenoxy) is 1. The van der Waals surface area contributed by atoms with Gasteiger partial charge in [-0.25, -0.2) is 4.68 Å². The number of aromatic nitrogens is 2. The second-order valence-corrected chi connectivity index (χ2v) is 2.75. The van der Waals surface area contributed by atoms with Crippen molar-refractivity contribution >= 4 is 0 Å². The number of nitrogens with zero attached hydrogens (tertiary/aromatic N) is 2. The normalized spacial score (nSPS) is 10.6. The van der Waals surface area contributed by atoms with Crippen molar-refractivity contribution in [2.24, 2.45) is 0 Å². The molecule has 3 heteroatoms. The zero-order valence-corrected chi connectivity index (χ0v) is 8.00. The van der Waals surface area contributed by atoms with Crippen LogP contribution in [-0.4, -0.2) is 16.9 Å². The molecule has 68 valence electrons. The lowest BCUT2D eigenvalue weighted by Gasteiger charge is -2.02. The summed E-state index contributed by atoms with van der Waals surface area (Å²) in [5.74, 6) is 0. The van der Waals surface area contributed by atoms with Crippen LogP contribution >= 0.6 is 0 Å². The summed E-state index contributed by atoms with van der Waals surface area (Å²) in [5, 5.41) is 4.38. The van der Waals surface area contributed by atoms with E-state index in [9.17, 15) is 0 Å². The van der Waals surface area contributed by atoms with Gasteiger partial charge in [0, 0.05) is 12.8 Å². The molecule has 0 aromatic carbocycles. The summed E-state index contributed by atoms with van der Waals surface area (Å²) in [5.41, 5.74) is 2.39. The molecule has 0 spiro atoms. The van der Waals surface area contributed by atoms with Gasteiger partial charge in [-0.05, 0) is 18.9 Å². The van der Waals surface area contributed by atoms with Crippen LogP contribution in [0.4, 0.5) is 0 Å². The molecule has 1 heterocycles. The van der Waals surface area contributed by atoms with E-state index < -0.39 is 0 Å². The van der Waals surface area contributed by atoms with Gasteiger partial charge in [0.05, 0.1) is 5.69 Å². The standard InChI is InChI=1S/C9H16N2O/c1-4-8-6-9(5-2)11(10-8)7-12-3/h6H,4-5,7H2,1-3H3. The minimum atomic E-state index is 0.559. The van der Waals surface area contributed by atoms with Crippen molar-refractivity contribution < 1.29 is 4.74 Å². The van der Waals surface area contributed by atoms with Crippen molar-refractivity contribution in [1.29, 1.82) is 0 Å². The first-order valence-corrected chi connectivity index (χ1v) is 4.36. The second-order valence-electron chi connectivity index (χ2n) is 2.75. The number of hydrogen-bond acceptors (Lipinski definition) is 2. The Kier molecular flexibility index (Phi) is 3.29. The zero-order chi connectivity index (χ0) is 8.97. The number of hydrogen-bond donors (Lipinski definition) is 0. The molecule has 0 radical (unpaired) electrons. The highest BCUT2D eigenvalue weighted by Crippen LogP contribution is 2.05. The predicted molar refractivity (Wildman–Crippen MR) is 48.0 cm³/mol. The number of rotatable bonds is 4. The van der Waals surface area contributed by atoms with Crippen molar-refractivity contribution in [3.63, 3.8) is 0 Å². The van der Waals surface area contributed by atoms with E-state index in [1.54, 1.807) is 7.11 Å². The van der Waals surface area contributed by atoms with Gasteiger partial charge in [-0.2, -0.15) is 5.10 Å². The van der Waals surface area contributed by atoms with E-state index in [-0.39, 0.29) is 0 Å². The molecule has 0 aliphatic carbocycles. The Morgan fingerprint density at radius 3 is 2.67 bits per heavy atom. The zero-order valence-electron chi connectivity index (χ0n) is 8.00. The van der Waals surface area contributed by atoms with E-state index in [1.165, 1.54) is 5.69 Å². The molecule has 0 saturated heterocycles. The first-order valence-electron chi connectivity index (χ1n) is 4.36. The smallest absolute Gasteiger partial charge is 0.139 e. The lowest BCUT2D eigenvalue weighted by Crippen LogP contribution is -2.05. The molecule has 0 amide bonds. The van der Waals surface area contributed by atoms with Gasteiger partial charge in [-0.3, -0.25) is 0 Å². The Morgan fingerprint density at radius 1 is 1.42 bits per heavy atom. The van der Waals surface area contributed by atoms with E-state index >= 15 is 0 Å². The summed E-state index contributed by atoms with van der Waals surface area (Å²) in [4.78, 5) is 0. The van der Waals surface area contributed by atoms with Crippen molar-refractivity contribution in [2.45, 2.75) is 33.4 Å². The third kappa shape index (κ3) is 1.85. The van der Waals surface area contributed by atoms with Crippen LogP contribution in [-0.2, 0) is 24.3 Å². The maximum absolute atomic E-state index is 5.03. The number of aryl methyl sites for hydroxylation is 2. The molecule has 1 aromatic heterocycles. The van der Waals surface area contributed by atoms with Gasteiger partial charge in [0.2, 0.25) is 0 Å². The minimum absolute atomic E-state index is 0.559. The van der Waals surface area contributed by atoms with Gasteiger partial charge in [0.15, 0.2) is 0 Å². The SMILES string of the molecule is CCc1cc(CC)n(COC)n1. The lowest BCUT2D eigenvalue weighted by atomic mass is 10.3. The van der Waals surface area contributed by atoms with E-state index in [4.69, 9.17) is 4.74 Å². The average Bonchev–Trinajstić information content (AvgIpc) is 2.48. The molecule has 1 aromatic rings. The Morgan fingerprint density at radius 2 is 2.17 bits per heavy atom. The first-order chi connectivity index (χ1) is 5.81.